The molecule has 0 spiro atoms. The fraction of sp³-hybridized carbons (Fsp3) is 0.0588. The van der Waals surface area contributed by atoms with Gasteiger partial charge < -0.3 is 4.90 Å². The highest BCUT2D eigenvalue weighted by Gasteiger charge is 2.25. The summed E-state index contributed by atoms with van der Waals surface area (Å²) in [6, 6.07) is 13.5. The highest BCUT2D eigenvalue weighted by atomic mass is 35.5. The Labute approximate surface area is 150 Å². The van der Waals surface area contributed by atoms with Gasteiger partial charge in [0.1, 0.15) is 9.56 Å². The van der Waals surface area contributed by atoms with Crippen LogP contribution in [0.3, 0.4) is 0 Å². The van der Waals surface area contributed by atoms with E-state index in [2.05, 4.69) is 4.98 Å². The zero-order valence-electron chi connectivity index (χ0n) is 12.5. The maximum atomic E-state index is 13.0. The molecule has 0 N–H and O–H groups in total. The quantitative estimate of drug-likeness (QED) is 0.473. The van der Waals surface area contributed by atoms with Crippen LogP contribution in [0, 0.1) is 0 Å². The van der Waals surface area contributed by atoms with Crippen LogP contribution in [0.15, 0.2) is 52.2 Å². The lowest BCUT2D eigenvalue weighted by atomic mass is 10.3. The molecule has 2 aromatic carbocycles. The third-order valence-corrected chi connectivity index (χ3v) is 6.74. The van der Waals surface area contributed by atoms with Crippen LogP contribution in [0.4, 0.5) is 5.69 Å². The van der Waals surface area contributed by atoms with Crippen LogP contribution in [-0.4, -0.2) is 16.4 Å². The molecular formula is C17H10ClN3OS2. The van der Waals surface area contributed by atoms with Gasteiger partial charge in [0, 0.05) is 17.0 Å². The van der Waals surface area contributed by atoms with E-state index >= 15 is 0 Å². The van der Waals surface area contributed by atoms with E-state index in [0.717, 1.165) is 31.6 Å². The molecule has 118 valence electrons. The number of nitrogens with zero attached hydrogens (tertiary/aromatic N) is 3. The Balaban J connectivity index is 1.82. The van der Waals surface area contributed by atoms with Crippen molar-refractivity contribution in [2.24, 2.45) is 0 Å². The molecule has 3 heterocycles. The van der Waals surface area contributed by atoms with Gasteiger partial charge in [-0.15, -0.1) is 0 Å². The molecule has 0 atom stereocenters. The van der Waals surface area contributed by atoms with Crippen LogP contribution in [0.2, 0.25) is 5.02 Å². The summed E-state index contributed by atoms with van der Waals surface area (Å²) in [6.07, 6.45) is 0. The first-order valence-electron chi connectivity index (χ1n) is 7.29. The van der Waals surface area contributed by atoms with Gasteiger partial charge in [0.25, 0.3) is 5.56 Å². The molecule has 1 aliphatic rings. The summed E-state index contributed by atoms with van der Waals surface area (Å²) >= 11 is 9.14. The van der Waals surface area contributed by atoms with Crippen LogP contribution >= 0.6 is 34.7 Å². The standard InChI is InChI=1S/C17H10ClN3OS2/c1-20-12-8-9(18)6-7-13(12)23-16(20)14-15(22)21-11-5-3-2-4-10(11)19-17(21)24-14/h2-8H,1H3. The first kappa shape index (κ1) is 14.3. The normalized spacial score (nSPS) is 16.3. The van der Waals surface area contributed by atoms with E-state index in [1.807, 2.05) is 54.4 Å². The van der Waals surface area contributed by atoms with E-state index in [0.29, 0.717) is 9.55 Å². The maximum Gasteiger partial charge on any atom is 0.277 e. The monoisotopic (exact) mass is 371 g/mol. The van der Waals surface area contributed by atoms with E-state index in [1.165, 1.54) is 11.3 Å². The predicted octanol–water partition coefficient (Wildman–Crippen LogP) is 3.59. The number of halogens is 1. The molecule has 0 fully saturated rings. The Morgan fingerprint density at radius 3 is 2.88 bits per heavy atom. The lowest BCUT2D eigenvalue weighted by Crippen LogP contribution is -2.28. The van der Waals surface area contributed by atoms with E-state index in [9.17, 15) is 4.79 Å². The van der Waals surface area contributed by atoms with Gasteiger partial charge in [0.15, 0.2) is 4.96 Å². The molecule has 24 heavy (non-hydrogen) atoms. The van der Waals surface area contributed by atoms with Crippen molar-refractivity contribution >= 4 is 61.4 Å². The van der Waals surface area contributed by atoms with Crippen molar-refractivity contribution < 1.29 is 0 Å². The molecule has 0 radical (unpaired) electrons. The molecule has 5 rings (SSSR count). The van der Waals surface area contributed by atoms with Crippen LogP contribution in [0.1, 0.15) is 0 Å². The van der Waals surface area contributed by atoms with Gasteiger partial charge in [-0.2, -0.15) is 0 Å². The van der Waals surface area contributed by atoms with Gasteiger partial charge >= 0.3 is 0 Å². The number of para-hydroxylation sites is 2. The van der Waals surface area contributed by atoms with Crippen molar-refractivity contribution in [3.05, 3.63) is 62.4 Å². The average molecular weight is 372 g/mol. The van der Waals surface area contributed by atoms with Gasteiger partial charge in [-0.1, -0.05) is 46.8 Å². The molecule has 4 aromatic rings. The number of thiazole rings is 1. The van der Waals surface area contributed by atoms with Crippen molar-refractivity contribution in [1.82, 2.24) is 9.38 Å². The number of fused-ring (bicyclic) bond motifs is 4. The number of hydrogen-bond acceptors (Lipinski definition) is 5. The minimum absolute atomic E-state index is 0.0167. The van der Waals surface area contributed by atoms with Crippen molar-refractivity contribution in [2.75, 3.05) is 11.9 Å². The largest absolute Gasteiger partial charge is 0.337 e. The first-order chi connectivity index (χ1) is 11.6. The molecule has 0 saturated heterocycles. The zero-order valence-corrected chi connectivity index (χ0v) is 14.9. The number of hydrogen-bond donors (Lipinski definition) is 0. The van der Waals surface area contributed by atoms with Crippen LogP contribution in [0.25, 0.3) is 21.0 Å². The van der Waals surface area contributed by atoms with Crippen LogP contribution in [-0.2, 0) is 0 Å². The van der Waals surface area contributed by atoms with Gasteiger partial charge in [-0.05, 0) is 30.3 Å². The van der Waals surface area contributed by atoms with Crippen molar-refractivity contribution in [3.8, 4) is 0 Å². The molecule has 0 bridgehead atoms. The van der Waals surface area contributed by atoms with Gasteiger partial charge in [0.2, 0.25) is 0 Å². The van der Waals surface area contributed by atoms with E-state index < -0.39 is 0 Å². The average Bonchev–Trinajstić information content (AvgIpc) is 3.19. The Morgan fingerprint density at radius 2 is 2.00 bits per heavy atom. The Kier molecular flexibility index (Phi) is 2.98. The number of aromatic nitrogens is 2. The lowest BCUT2D eigenvalue weighted by Gasteiger charge is -2.12. The second kappa shape index (κ2) is 4.99. The summed E-state index contributed by atoms with van der Waals surface area (Å²) in [5.74, 6) is 0. The summed E-state index contributed by atoms with van der Waals surface area (Å²) in [7, 11) is 1.96. The molecular weight excluding hydrogens is 362 g/mol. The second-order valence-corrected chi connectivity index (χ2v) is 7.98. The summed E-state index contributed by atoms with van der Waals surface area (Å²) in [5.41, 5.74) is 2.71. The summed E-state index contributed by atoms with van der Waals surface area (Å²) in [5, 5.41) is 1.62. The van der Waals surface area contributed by atoms with Gasteiger partial charge in [-0.3, -0.25) is 4.79 Å². The number of rotatable bonds is 0. The lowest BCUT2D eigenvalue weighted by molar-refractivity contribution is 1.17. The molecule has 0 unspecified atom stereocenters. The predicted molar refractivity (Wildman–Crippen MR) is 101 cm³/mol. The number of benzene rings is 2. The Hall–Kier alpha value is -2.02. The summed E-state index contributed by atoms with van der Waals surface area (Å²) < 4.78 is 2.41. The molecule has 7 heteroatoms. The van der Waals surface area contributed by atoms with Gasteiger partial charge in [-0.25, -0.2) is 9.38 Å². The third kappa shape index (κ3) is 1.87. The minimum atomic E-state index is -0.0167. The topological polar surface area (TPSA) is 37.6 Å². The summed E-state index contributed by atoms with van der Waals surface area (Å²) in [4.78, 5) is 21.4. The zero-order chi connectivity index (χ0) is 16.4. The van der Waals surface area contributed by atoms with Gasteiger partial charge in [0.05, 0.1) is 16.7 Å². The number of anilines is 1. The first-order valence-corrected chi connectivity index (χ1v) is 9.30. The number of thioether (sulfide) groups is 1. The van der Waals surface area contributed by atoms with E-state index in [-0.39, 0.29) is 5.56 Å². The highest BCUT2D eigenvalue weighted by molar-refractivity contribution is 8.08. The summed E-state index contributed by atoms with van der Waals surface area (Å²) in [6.45, 7) is 0. The minimum Gasteiger partial charge on any atom is -0.337 e. The van der Waals surface area contributed by atoms with E-state index in [4.69, 9.17) is 11.6 Å². The Morgan fingerprint density at radius 1 is 1.17 bits per heavy atom. The third-order valence-electron chi connectivity index (χ3n) is 4.11. The maximum absolute atomic E-state index is 13.0. The fourth-order valence-electron chi connectivity index (χ4n) is 2.96. The molecule has 2 aromatic heterocycles. The molecule has 0 aliphatic carbocycles. The molecule has 0 saturated carbocycles. The number of imidazole rings is 1. The molecule has 4 nitrogen and oxygen atoms in total. The van der Waals surface area contributed by atoms with Crippen molar-refractivity contribution in [1.29, 1.82) is 0 Å². The highest BCUT2D eigenvalue weighted by Crippen LogP contribution is 2.46. The SMILES string of the molecule is CN1C(=c2sc3nc4ccccc4n3c2=O)Sc2ccc(Cl)cc21. The van der Waals surface area contributed by atoms with Crippen molar-refractivity contribution in [3.63, 3.8) is 0 Å². The molecule has 0 amide bonds. The van der Waals surface area contributed by atoms with Crippen LogP contribution < -0.4 is 15.0 Å². The van der Waals surface area contributed by atoms with E-state index in [1.54, 1.807) is 16.2 Å². The second-order valence-electron chi connectivity index (χ2n) is 5.53. The van der Waals surface area contributed by atoms with Crippen LogP contribution in [0.5, 0.6) is 0 Å². The van der Waals surface area contributed by atoms with Crippen molar-refractivity contribution in [2.45, 2.75) is 4.90 Å². The fourth-order valence-corrected chi connectivity index (χ4v) is 5.44. The smallest absolute Gasteiger partial charge is 0.277 e. The molecule has 1 aliphatic heterocycles. The Bertz CT molecular complexity index is 1240.